The molecule has 1 aromatic rings. The van der Waals surface area contributed by atoms with Gasteiger partial charge in [0.25, 0.3) is 0 Å². The SMILES string of the molecule is Cc1ccccc1C1CC(NCCOC(C)C)C1. The Bertz CT molecular complexity index is 369. The lowest BCUT2D eigenvalue weighted by molar-refractivity contribution is 0.0767. The summed E-state index contributed by atoms with van der Waals surface area (Å²) in [4.78, 5) is 0. The summed E-state index contributed by atoms with van der Waals surface area (Å²) in [7, 11) is 0. The highest BCUT2D eigenvalue weighted by atomic mass is 16.5. The zero-order valence-electron chi connectivity index (χ0n) is 11.8. The summed E-state index contributed by atoms with van der Waals surface area (Å²) in [5, 5.41) is 3.57. The van der Waals surface area contributed by atoms with E-state index in [1.165, 1.54) is 24.0 Å². The standard InChI is InChI=1S/C16H25NO/c1-12(2)18-9-8-17-15-10-14(11-15)16-7-5-4-6-13(16)3/h4-7,12,14-15,17H,8-11H2,1-3H3. The molecule has 1 N–H and O–H groups in total. The number of rotatable bonds is 6. The summed E-state index contributed by atoms with van der Waals surface area (Å²) in [6, 6.07) is 9.45. The van der Waals surface area contributed by atoms with Gasteiger partial charge in [0.1, 0.15) is 0 Å². The number of aryl methyl sites for hydroxylation is 1. The van der Waals surface area contributed by atoms with Crippen LogP contribution < -0.4 is 5.32 Å². The quantitative estimate of drug-likeness (QED) is 0.779. The minimum atomic E-state index is 0.341. The second-order valence-electron chi connectivity index (χ2n) is 5.60. The number of hydrogen-bond donors (Lipinski definition) is 1. The third-order valence-corrected chi connectivity index (χ3v) is 3.75. The average molecular weight is 247 g/mol. The Kier molecular flexibility index (Phi) is 4.79. The van der Waals surface area contributed by atoms with Crippen LogP contribution in [0.15, 0.2) is 24.3 Å². The van der Waals surface area contributed by atoms with E-state index in [-0.39, 0.29) is 0 Å². The van der Waals surface area contributed by atoms with Gasteiger partial charge in [-0.15, -0.1) is 0 Å². The summed E-state index contributed by atoms with van der Waals surface area (Å²) in [5.41, 5.74) is 2.97. The Morgan fingerprint density at radius 3 is 2.67 bits per heavy atom. The topological polar surface area (TPSA) is 21.3 Å². The van der Waals surface area contributed by atoms with Crippen LogP contribution in [0, 0.1) is 6.92 Å². The van der Waals surface area contributed by atoms with Crippen LogP contribution in [0.2, 0.25) is 0 Å². The van der Waals surface area contributed by atoms with Gasteiger partial charge in [0.2, 0.25) is 0 Å². The summed E-state index contributed by atoms with van der Waals surface area (Å²) in [5.74, 6) is 0.759. The fourth-order valence-corrected chi connectivity index (χ4v) is 2.64. The van der Waals surface area contributed by atoms with E-state index < -0.39 is 0 Å². The number of nitrogens with one attached hydrogen (secondary N) is 1. The van der Waals surface area contributed by atoms with Crippen molar-refractivity contribution >= 4 is 0 Å². The first-order valence-electron chi connectivity index (χ1n) is 7.07. The maximum Gasteiger partial charge on any atom is 0.0594 e. The van der Waals surface area contributed by atoms with E-state index in [0.29, 0.717) is 12.1 Å². The molecule has 1 aliphatic rings. The van der Waals surface area contributed by atoms with Crippen LogP contribution in [0.25, 0.3) is 0 Å². The van der Waals surface area contributed by atoms with E-state index in [4.69, 9.17) is 4.74 Å². The van der Waals surface area contributed by atoms with E-state index in [1.54, 1.807) is 0 Å². The van der Waals surface area contributed by atoms with Gasteiger partial charge in [-0.25, -0.2) is 0 Å². The highest BCUT2D eigenvalue weighted by Crippen LogP contribution is 2.38. The van der Waals surface area contributed by atoms with Gasteiger partial charge in [0.15, 0.2) is 0 Å². The maximum absolute atomic E-state index is 5.53. The zero-order valence-corrected chi connectivity index (χ0v) is 11.8. The van der Waals surface area contributed by atoms with E-state index in [9.17, 15) is 0 Å². The molecule has 0 aliphatic heterocycles. The first-order valence-corrected chi connectivity index (χ1v) is 7.07. The van der Waals surface area contributed by atoms with Gasteiger partial charge in [0, 0.05) is 12.6 Å². The molecule has 0 spiro atoms. The van der Waals surface area contributed by atoms with Crippen molar-refractivity contribution in [3.05, 3.63) is 35.4 Å². The molecule has 100 valence electrons. The molecule has 2 rings (SSSR count). The predicted octanol–water partition coefficient (Wildman–Crippen LogP) is 3.26. The van der Waals surface area contributed by atoms with E-state index in [1.807, 2.05) is 0 Å². The molecule has 1 saturated carbocycles. The van der Waals surface area contributed by atoms with Gasteiger partial charge >= 0.3 is 0 Å². The second kappa shape index (κ2) is 6.35. The molecule has 0 radical (unpaired) electrons. The highest BCUT2D eigenvalue weighted by molar-refractivity contribution is 5.31. The Labute approximate surface area is 111 Å². The third-order valence-electron chi connectivity index (χ3n) is 3.75. The van der Waals surface area contributed by atoms with Gasteiger partial charge < -0.3 is 10.1 Å². The van der Waals surface area contributed by atoms with Crippen molar-refractivity contribution in [2.45, 2.75) is 51.7 Å². The number of hydrogen-bond acceptors (Lipinski definition) is 2. The fourth-order valence-electron chi connectivity index (χ4n) is 2.64. The fraction of sp³-hybridized carbons (Fsp3) is 0.625. The molecular formula is C16H25NO. The van der Waals surface area contributed by atoms with Crippen LogP contribution >= 0.6 is 0 Å². The normalized spacial score (nSPS) is 23.1. The second-order valence-corrected chi connectivity index (χ2v) is 5.60. The lowest BCUT2D eigenvalue weighted by atomic mass is 9.74. The lowest BCUT2D eigenvalue weighted by Crippen LogP contribution is -2.41. The third kappa shape index (κ3) is 3.56. The zero-order chi connectivity index (χ0) is 13.0. The summed E-state index contributed by atoms with van der Waals surface area (Å²) >= 11 is 0. The first kappa shape index (κ1) is 13.6. The smallest absolute Gasteiger partial charge is 0.0594 e. The molecular weight excluding hydrogens is 222 g/mol. The van der Waals surface area contributed by atoms with Crippen molar-refractivity contribution in [1.29, 1.82) is 0 Å². The molecule has 0 saturated heterocycles. The van der Waals surface area contributed by atoms with Gasteiger partial charge in [-0.05, 0) is 50.7 Å². The summed E-state index contributed by atoms with van der Waals surface area (Å²) in [6.07, 6.45) is 2.88. The van der Waals surface area contributed by atoms with Crippen molar-refractivity contribution in [2.75, 3.05) is 13.2 Å². The van der Waals surface area contributed by atoms with E-state index >= 15 is 0 Å². The maximum atomic E-state index is 5.53. The molecule has 0 unspecified atom stereocenters. The Hall–Kier alpha value is -0.860. The van der Waals surface area contributed by atoms with Crippen LogP contribution in [0.1, 0.15) is 43.7 Å². The Morgan fingerprint density at radius 1 is 1.28 bits per heavy atom. The molecule has 2 heteroatoms. The van der Waals surface area contributed by atoms with Crippen LogP contribution in [0.4, 0.5) is 0 Å². The monoisotopic (exact) mass is 247 g/mol. The summed E-state index contributed by atoms with van der Waals surface area (Å²) in [6.45, 7) is 8.17. The number of ether oxygens (including phenoxy) is 1. The highest BCUT2D eigenvalue weighted by Gasteiger charge is 2.30. The van der Waals surface area contributed by atoms with Gasteiger partial charge in [-0.1, -0.05) is 24.3 Å². The molecule has 0 heterocycles. The van der Waals surface area contributed by atoms with Crippen molar-refractivity contribution in [2.24, 2.45) is 0 Å². The average Bonchev–Trinajstić information content (AvgIpc) is 2.28. The molecule has 1 fully saturated rings. The van der Waals surface area contributed by atoms with Crippen molar-refractivity contribution in [1.82, 2.24) is 5.32 Å². The molecule has 1 aliphatic carbocycles. The Balaban J connectivity index is 1.67. The molecule has 0 aromatic heterocycles. The van der Waals surface area contributed by atoms with Gasteiger partial charge in [0.05, 0.1) is 12.7 Å². The van der Waals surface area contributed by atoms with E-state index in [2.05, 4.69) is 50.4 Å². The molecule has 18 heavy (non-hydrogen) atoms. The van der Waals surface area contributed by atoms with Crippen LogP contribution in [-0.2, 0) is 4.74 Å². The molecule has 2 nitrogen and oxygen atoms in total. The first-order chi connectivity index (χ1) is 8.66. The van der Waals surface area contributed by atoms with E-state index in [0.717, 1.165) is 19.1 Å². The largest absolute Gasteiger partial charge is 0.377 e. The van der Waals surface area contributed by atoms with Crippen molar-refractivity contribution < 1.29 is 4.74 Å². The molecule has 1 aromatic carbocycles. The van der Waals surface area contributed by atoms with Gasteiger partial charge in [-0.3, -0.25) is 0 Å². The van der Waals surface area contributed by atoms with Crippen LogP contribution in [-0.4, -0.2) is 25.3 Å². The molecule has 0 amide bonds. The minimum Gasteiger partial charge on any atom is -0.377 e. The minimum absolute atomic E-state index is 0.341. The molecule has 0 bridgehead atoms. The lowest BCUT2D eigenvalue weighted by Gasteiger charge is -2.37. The van der Waals surface area contributed by atoms with Crippen LogP contribution in [0.5, 0.6) is 0 Å². The van der Waals surface area contributed by atoms with Crippen molar-refractivity contribution in [3.63, 3.8) is 0 Å². The Morgan fingerprint density at radius 2 is 2.00 bits per heavy atom. The van der Waals surface area contributed by atoms with Crippen molar-refractivity contribution in [3.8, 4) is 0 Å². The van der Waals surface area contributed by atoms with Crippen LogP contribution in [0.3, 0.4) is 0 Å². The summed E-state index contributed by atoms with van der Waals surface area (Å²) < 4.78 is 5.53. The predicted molar refractivity (Wildman–Crippen MR) is 76.0 cm³/mol. The number of benzene rings is 1. The van der Waals surface area contributed by atoms with Gasteiger partial charge in [-0.2, -0.15) is 0 Å². The molecule has 0 atom stereocenters.